The summed E-state index contributed by atoms with van der Waals surface area (Å²) in [6.07, 6.45) is -4.13. The van der Waals surface area contributed by atoms with Gasteiger partial charge < -0.3 is 9.64 Å². The number of hydrogen-bond donors (Lipinski definition) is 0. The summed E-state index contributed by atoms with van der Waals surface area (Å²) in [6, 6.07) is 7.46. The molecule has 2 aromatic heterocycles. The number of amides is 1. The molecule has 0 aliphatic heterocycles. The van der Waals surface area contributed by atoms with Crippen LogP contribution in [-0.4, -0.2) is 40.0 Å². The number of nitrogens with zero attached hydrogens (tertiary/aromatic N) is 5. The SMILES string of the molecule is COc1ccc(-n2ncc(C(=O)N(C)c3cccc(F)c3)c2C(F)(F)F)nn1. The number of halogens is 4. The van der Waals surface area contributed by atoms with Crippen LogP contribution in [0.3, 0.4) is 0 Å². The minimum atomic E-state index is -4.91. The molecule has 0 unspecified atom stereocenters. The van der Waals surface area contributed by atoms with E-state index in [2.05, 4.69) is 15.3 Å². The fourth-order valence-corrected chi connectivity index (χ4v) is 2.47. The summed E-state index contributed by atoms with van der Waals surface area (Å²) in [5, 5.41) is 10.9. The second-order valence-corrected chi connectivity index (χ2v) is 5.59. The molecule has 0 radical (unpaired) electrons. The van der Waals surface area contributed by atoms with Gasteiger partial charge in [0.05, 0.1) is 18.9 Å². The lowest BCUT2D eigenvalue weighted by molar-refractivity contribution is -0.143. The molecule has 2 heterocycles. The lowest BCUT2D eigenvalue weighted by atomic mass is 10.2. The predicted octanol–water partition coefficient (Wildman–Crippen LogP) is 3.11. The Morgan fingerprint density at radius 2 is 1.93 bits per heavy atom. The molecule has 0 aliphatic rings. The molecule has 7 nitrogen and oxygen atoms in total. The fourth-order valence-electron chi connectivity index (χ4n) is 2.47. The summed E-state index contributed by atoms with van der Waals surface area (Å²) >= 11 is 0. The maximum atomic E-state index is 13.7. The van der Waals surface area contributed by atoms with Crippen LogP contribution < -0.4 is 9.64 Å². The largest absolute Gasteiger partial charge is 0.480 e. The average molecular weight is 395 g/mol. The molecule has 0 N–H and O–H groups in total. The van der Waals surface area contributed by atoms with E-state index in [1.54, 1.807) is 0 Å². The first kappa shape index (κ1) is 19.3. The minimum Gasteiger partial charge on any atom is -0.480 e. The van der Waals surface area contributed by atoms with Gasteiger partial charge in [0.15, 0.2) is 11.5 Å². The second kappa shape index (κ2) is 7.25. The van der Waals surface area contributed by atoms with Crippen molar-refractivity contribution in [2.75, 3.05) is 19.1 Å². The number of carbonyl (C=O) groups excluding carboxylic acids is 1. The van der Waals surface area contributed by atoms with Gasteiger partial charge in [-0.2, -0.15) is 18.3 Å². The molecule has 28 heavy (non-hydrogen) atoms. The topological polar surface area (TPSA) is 73.1 Å². The summed E-state index contributed by atoms with van der Waals surface area (Å²) in [6.45, 7) is 0. The van der Waals surface area contributed by atoms with Crippen LogP contribution >= 0.6 is 0 Å². The lowest BCUT2D eigenvalue weighted by Gasteiger charge is -2.18. The van der Waals surface area contributed by atoms with Gasteiger partial charge in [0.1, 0.15) is 5.82 Å². The second-order valence-electron chi connectivity index (χ2n) is 5.59. The number of ether oxygens (including phenoxy) is 1. The van der Waals surface area contributed by atoms with Crippen molar-refractivity contribution in [2.24, 2.45) is 0 Å². The van der Waals surface area contributed by atoms with E-state index in [0.717, 1.165) is 23.2 Å². The Morgan fingerprint density at radius 1 is 1.18 bits per heavy atom. The van der Waals surface area contributed by atoms with E-state index in [1.165, 1.54) is 38.4 Å². The molecular weight excluding hydrogens is 382 g/mol. The molecule has 11 heteroatoms. The van der Waals surface area contributed by atoms with Crippen LogP contribution in [0.15, 0.2) is 42.6 Å². The van der Waals surface area contributed by atoms with Crippen molar-refractivity contribution in [3.8, 4) is 11.7 Å². The molecule has 0 aliphatic carbocycles. The summed E-state index contributed by atoms with van der Waals surface area (Å²) < 4.78 is 59.8. The zero-order chi connectivity index (χ0) is 20.5. The van der Waals surface area contributed by atoms with E-state index in [0.29, 0.717) is 4.68 Å². The summed E-state index contributed by atoms with van der Waals surface area (Å²) in [5.41, 5.74) is -1.94. The van der Waals surface area contributed by atoms with Crippen LogP contribution in [-0.2, 0) is 6.18 Å². The fraction of sp³-hybridized carbons (Fsp3) is 0.176. The Hall–Kier alpha value is -3.50. The van der Waals surface area contributed by atoms with Gasteiger partial charge in [-0.15, -0.1) is 10.2 Å². The van der Waals surface area contributed by atoms with Crippen LogP contribution in [0.1, 0.15) is 16.1 Å². The third kappa shape index (κ3) is 3.63. The molecule has 0 fully saturated rings. The van der Waals surface area contributed by atoms with Crippen molar-refractivity contribution in [1.82, 2.24) is 20.0 Å². The zero-order valence-electron chi connectivity index (χ0n) is 14.6. The molecule has 0 spiro atoms. The van der Waals surface area contributed by atoms with Crippen molar-refractivity contribution >= 4 is 11.6 Å². The molecule has 0 atom stereocenters. The van der Waals surface area contributed by atoms with Crippen molar-refractivity contribution in [1.29, 1.82) is 0 Å². The number of hydrogen-bond acceptors (Lipinski definition) is 5. The number of anilines is 1. The molecule has 1 aromatic carbocycles. The smallest absolute Gasteiger partial charge is 0.434 e. The van der Waals surface area contributed by atoms with Gasteiger partial charge in [0.2, 0.25) is 5.88 Å². The van der Waals surface area contributed by atoms with Crippen molar-refractivity contribution in [3.63, 3.8) is 0 Å². The van der Waals surface area contributed by atoms with E-state index in [4.69, 9.17) is 4.74 Å². The van der Waals surface area contributed by atoms with Gasteiger partial charge >= 0.3 is 6.18 Å². The number of carbonyl (C=O) groups is 1. The highest BCUT2D eigenvalue weighted by Gasteiger charge is 2.41. The van der Waals surface area contributed by atoms with Crippen LogP contribution in [0, 0.1) is 5.82 Å². The molecule has 0 saturated heterocycles. The lowest BCUT2D eigenvalue weighted by Crippen LogP contribution is -2.29. The Labute approximate surface area is 156 Å². The minimum absolute atomic E-state index is 0.0927. The number of alkyl halides is 3. The van der Waals surface area contributed by atoms with Crippen LogP contribution in [0.5, 0.6) is 5.88 Å². The molecular formula is C17H13F4N5O2. The standard InChI is InChI=1S/C17H13F4N5O2/c1-25(11-5-3-4-10(18)8-11)16(27)12-9-22-26(15(12)17(19,20)21)13-6-7-14(28-2)24-23-13/h3-9H,1-2H3. The zero-order valence-corrected chi connectivity index (χ0v) is 14.6. The van der Waals surface area contributed by atoms with E-state index in [9.17, 15) is 22.4 Å². The summed E-state index contributed by atoms with van der Waals surface area (Å²) in [5.74, 6) is -1.78. The summed E-state index contributed by atoms with van der Waals surface area (Å²) in [4.78, 5) is 13.6. The maximum Gasteiger partial charge on any atom is 0.434 e. The number of methoxy groups -OCH3 is 1. The molecule has 3 aromatic rings. The van der Waals surface area contributed by atoms with Gasteiger partial charge in [-0.05, 0) is 24.3 Å². The van der Waals surface area contributed by atoms with E-state index >= 15 is 0 Å². The Bertz CT molecular complexity index is 1000. The van der Waals surface area contributed by atoms with Crippen molar-refractivity contribution in [3.05, 3.63) is 59.7 Å². The number of benzene rings is 1. The van der Waals surface area contributed by atoms with Gasteiger partial charge in [-0.1, -0.05) is 6.07 Å². The van der Waals surface area contributed by atoms with Gasteiger partial charge in [-0.25, -0.2) is 9.07 Å². The van der Waals surface area contributed by atoms with Gasteiger partial charge in [0.25, 0.3) is 5.91 Å². The highest BCUT2D eigenvalue weighted by molar-refractivity contribution is 6.06. The van der Waals surface area contributed by atoms with Gasteiger partial charge in [-0.3, -0.25) is 4.79 Å². The van der Waals surface area contributed by atoms with E-state index in [1.807, 2.05) is 0 Å². The van der Waals surface area contributed by atoms with Crippen LogP contribution in [0.25, 0.3) is 5.82 Å². The molecule has 0 saturated carbocycles. The molecule has 0 bridgehead atoms. The molecule has 146 valence electrons. The highest BCUT2D eigenvalue weighted by Crippen LogP contribution is 2.34. The quantitative estimate of drug-likeness (QED) is 0.635. The van der Waals surface area contributed by atoms with Crippen molar-refractivity contribution in [2.45, 2.75) is 6.18 Å². The Morgan fingerprint density at radius 3 is 2.50 bits per heavy atom. The number of rotatable bonds is 4. The Kier molecular flexibility index (Phi) is 4.99. The highest BCUT2D eigenvalue weighted by atomic mass is 19.4. The normalized spacial score (nSPS) is 11.4. The van der Waals surface area contributed by atoms with E-state index in [-0.39, 0.29) is 17.4 Å². The van der Waals surface area contributed by atoms with Crippen LogP contribution in [0.2, 0.25) is 0 Å². The first-order valence-electron chi connectivity index (χ1n) is 7.79. The monoisotopic (exact) mass is 395 g/mol. The van der Waals surface area contributed by atoms with Crippen molar-refractivity contribution < 1.29 is 27.1 Å². The average Bonchev–Trinajstić information content (AvgIpc) is 3.12. The Balaban J connectivity index is 2.06. The first-order valence-corrected chi connectivity index (χ1v) is 7.79. The molecule has 3 rings (SSSR count). The summed E-state index contributed by atoms with van der Waals surface area (Å²) in [7, 11) is 2.57. The van der Waals surface area contributed by atoms with Gasteiger partial charge in [0, 0.05) is 18.8 Å². The van der Waals surface area contributed by atoms with Crippen LogP contribution in [0.4, 0.5) is 23.2 Å². The first-order chi connectivity index (χ1) is 13.2. The number of aromatic nitrogens is 4. The molecule has 1 amide bonds. The third-order valence-electron chi connectivity index (χ3n) is 3.82. The third-order valence-corrected chi connectivity index (χ3v) is 3.82. The maximum absolute atomic E-state index is 13.7. The predicted molar refractivity (Wildman–Crippen MR) is 89.8 cm³/mol. The van der Waals surface area contributed by atoms with E-state index < -0.39 is 29.2 Å².